The van der Waals surface area contributed by atoms with E-state index < -0.39 is 17.5 Å². The van der Waals surface area contributed by atoms with Gasteiger partial charge in [-0.15, -0.1) is 0 Å². The first-order chi connectivity index (χ1) is 29.4. The van der Waals surface area contributed by atoms with Gasteiger partial charge in [-0.2, -0.15) is 5.26 Å². The van der Waals surface area contributed by atoms with Gasteiger partial charge in [0.2, 0.25) is 0 Å². The van der Waals surface area contributed by atoms with Crippen molar-refractivity contribution in [1.82, 2.24) is 14.5 Å². The molecule has 2 aromatic heterocycles. The van der Waals surface area contributed by atoms with E-state index in [2.05, 4.69) is 16.3 Å². The van der Waals surface area contributed by atoms with Crippen LogP contribution in [0.4, 0.5) is 25.0 Å². The van der Waals surface area contributed by atoms with Crippen molar-refractivity contribution in [2.24, 2.45) is 17.6 Å². The SMILES string of the molecule is Cc1c(N2CC[C@@H]([C@H](C)N)C2)c(F)cc2c(OCCCC#N)cc(=O)n(C3CC3)c12.Cc1c(N2CC[C@@H]([C@H](C)NC(=O)OC(C)(C)C)C2)c(F)cc2c(O)cc(=O)n(C3CC3)c12. The van der Waals surface area contributed by atoms with Crippen LogP contribution in [0.5, 0.6) is 11.5 Å². The molecule has 15 heteroatoms. The van der Waals surface area contributed by atoms with Gasteiger partial charge in [-0.05, 0) is 129 Å². The van der Waals surface area contributed by atoms with E-state index in [1.54, 1.807) is 4.57 Å². The van der Waals surface area contributed by atoms with Crippen molar-refractivity contribution in [1.29, 1.82) is 5.26 Å². The lowest BCUT2D eigenvalue weighted by atomic mass is 10.0. The largest absolute Gasteiger partial charge is 0.507 e. The average molecular weight is 858 g/mol. The van der Waals surface area contributed by atoms with Crippen LogP contribution in [0.25, 0.3) is 21.8 Å². The predicted octanol–water partition coefficient (Wildman–Crippen LogP) is 7.87. The topological polar surface area (TPSA) is 168 Å². The number of anilines is 2. The molecule has 0 spiro atoms. The summed E-state index contributed by atoms with van der Waals surface area (Å²) in [6, 6.07) is 7.77. The molecule has 62 heavy (non-hydrogen) atoms. The Morgan fingerprint density at radius 1 is 0.871 bits per heavy atom. The van der Waals surface area contributed by atoms with E-state index in [1.165, 1.54) is 24.3 Å². The number of unbranched alkanes of at least 4 members (excludes halogenated alkanes) is 1. The molecule has 0 unspecified atom stereocenters. The van der Waals surface area contributed by atoms with E-state index in [9.17, 15) is 19.5 Å². The van der Waals surface area contributed by atoms with E-state index in [0.717, 1.165) is 62.7 Å². The van der Waals surface area contributed by atoms with Crippen LogP contribution in [0.2, 0.25) is 0 Å². The summed E-state index contributed by atoms with van der Waals surface area (Å²) < 4.78 is 45.3. The van der Waals surface area contributed by atoms with Crippen LogP contribution in [0.15, 0.2) is 33.9 Å². The molecule has 4 atom stereocenters. The van der Waals surface area contributed by atoms with Crippen molar-refractivity contribution in [2.75, 3.05) is 42.6 Å². The summed E-state index contributed by atoms with van der Waals surface area (Å²) in [5.41, 5.74) is 8.99. The van der Waals surface area contributed by atoms with Gasteiger partial charge in [0.1, 0.15) is 28.7 Å². The quantitative estimate of drug-likeness (QED) is 0.126. The number of nitrogens with one attached hydrogen (secondary N) is 1. The maximum Gasteiger partial charge on any atom is 0.407 e. The predicted molar refractivity (Wildman–Crippen MR) is 237 cm³/mol. The second-order valence-electron chi connectivity index (χ2n) is 18.8. The fourth-order valence-electron chi connectivity index (χ4n) is 9.31. The summed E-state index contributed by atoms with van der Waals surface area (Å²) in [7, 11) is 0. The Kier molecular flexibility index (Phi) is 12.8. The number of hydrogen-bond acceptors (Lipinski definition) is 10. The second-order valence-corrected chi connectivity index (χ2v) is 18.8. The summed E-state index contributed by atoms with van der Waals surface area (Å²) in [6.07, 6.45) is 5.95. The van der Waals surface area contributed by atoms with Crippen molar-refractivity contribution >= 4 is 39.3 Å². The molecule has 4 aromatic rings. The summed E-state index contributed by atoms with van der Waals surface area (Å²) in [5.74, 6) is -0.0437. The maximum absolute atomic E-state index is 15.4. The number of aromatic hydroxyl groups is 1. The molecule has 4 fully saturated rings. The third-order valence-corrected chi connectivity index (χ3v) is 12.7. The number of nitrogens with zero attached hydrogens (tertiary/aromatic N) is 5. The normalized spacial score (nSPS) is 19.9. The number of halogens is 2. The second kappa shape index (κ2) is 17.8. The maximum atomic E-state index is 15.4. The number of fused-ring (bicyclic) bond motifs is 2. The Balaban J connectivity index is 0.000000187. The lowest BCUT2D eigenvalue weighted by molar-refractivity contribution is 0.0494. The third kappa shape index (κ3) is 9.35. The number of amides is 1. The molecular formula is C47H61F2N7O6. The number of alkyl carbamates (subject to hydrolysis) is 1. The zero-order chi connectivity index (χ0) is 44.8. The van der Waals surface area contributed by atoms with Crippen molar-refractivity contribution in [3.63, 3.8) is 0 Å². The van der Waals surface area contributed by atoms with Crippen molar-refractivity contribution in [2.45, 2.75) is 130 Å². The van der Waals surface area contributed by atoms with E-state index in [4.69, 9.17) is 20.5 Å². The smallest absolute Gasteiger partial charge is 0.407 e. The van der Waals surface area contributed by atoms with Crippen LogP contribution in [0.1, 0.15) is 109 Å². The fraction of sp³-hybridized carbons (Fsp3) is 0.574. The molecule has 0 bridgehead atoms. The Morgan fingerprint density at radius 2 is 1.39 bits per heavy atom. The third-order valence-electron chi connectivity index (χ3n) is 12.7. The molecule has 2 saturated heterocycles. The monoisotopic (exact) mass is 857 g/mol. The van der Waals surface area contributed by atoms with Gasteiger partial charge in [0.25, 0.3) is 11.1 Å². The van der Waals surface area contributed by atoms with Crippen LogP contribution in [0, 0.1) is 48.6 Å². The molecule has 334 valence electrons. The van der Waals surface area contributed by atoms with E-state index in [-0.39, 0.29) is 52.8 Å². The fourth-order valence-corrected chi connectivity index (χ4v) is 9.31. The molecule has 13 nitrogen and oxygen atoms in total. The molecule has 4 aliphatic rings. The number of hydrogen-bond donors (Lipinski definition) is 3. The van der Waals surface area contributed by atoms with E-state index in [1.807, 2.05) is 57.9 Å². The molecular weight excluding hydrogens is 797 g/mol. The van der Waals surface area contributed by atoms with Crippen molar-refractivity contribution in [3.05, 3.63) is 67.7 Å². The highest BCUT2D eigenvalue weighted by atomic mass is 19.1. The number of carbonyl (C=O) groups excluding carboxylic acids is 1. The highest BCUT2D eigenvalue weighted by Crippen LogP contribution is 2.44. The number of aryl methyl sites for hydroxylation is 2. The number of carbonyl (C=O) groups is 1. The van der Waals surface area contributed by atoms with Crippen LogP contribution >= 0.6 is 0 Å². The molecule has 1 amide bonds. The molecule has 4 heterocycles. The Bertz CT molecular complexity index is 2520. The molecule has 2 aliphatic carbocycles. The zero-order valence-electron chi connectivity index (χ0n) is 37.0. The standard InChI is InChI=1S/C24H32FN3O4.C23H29FN4O2/c1-13-21-17(19(29)11-20(30)28(21)16-6-7-16)10-18(25)22(13)27-9-8-15(12-27)14(2)26-23(31)32-24(3,4)5;1-14-22-18(11-19(24)23(14)27-9-7-16(13-27)15(2)26)20(30-10-4-3-8-25)12-21(29)28(22)17-5-6-17/h10-11,14-16,29H,6-9,12H2,1-5H3,(H,26,31);11-12,15-17H,3-7,9-10,13,26H2,1-2H3/t14-,15+;15-,16+/m00/s1. The lowest BCUT2D eigenvalue weighted by Gasteiger charge is -2.26. The highest BCUT2D eigenvalue weighted by Gasteiger charge is 2.35. The van der Waals surface area contributed by atoms with Crippen molar-refractivity contribution < 1.29 is 28.2 Å². The first-order valence-electron chi connectivity index (χ1n) is 22.1. The van der Waals surface area contributed by atoms with Gasteiger partial charge in [-0.3, -0.25) is 9.59 Å². The number of aromatic nitrogens is 2. The number of pyridine rings is 2. The Hall–Kier alpha value is -5.36. The van der Waals surface area contributed by atoms with Gasteiger partial charge in [-0.25, -0.2) is 13.6 Å². The van der Waals surface area contributed by atoms with E-state index >= 15 is 8.78 Å². The van der Waals surface area contributed by atoms with Gasteiger partial charge in [0, 0.05) is 79.7 Å². The van der Waals surface area contributed by atoms with Gasteiger partial charge < -0.3 is 44.6 Å². The van der Waals surface area contributed by atoms with Gasteiger partial charge in [0.05, 0.1) is 35.1 Å². The van der Waals surface area contributed by atoms with Gasteiger partial charge in [-0.1, -0.05) is 0 Å². The average Bonchev–Trinajstić information content (AvgIpc) is 4.11. The first-order valence-corrected chi connectivity index (χ1v) is 22.1. The number of benzene rings is 2. The van der Waals surface area contributed by atoms with Crippen LogP contribution in [-0.4, -0.2) is 70.8 Å². The summed E-state index contributed by atoms with van der Waals surface area (Å²) in [4.78, 5) is 41.7. The summed E-state index contributed by atoms with van der Waals surface area (Å²) in [5, 5.41) is 22.9. The molecule has 0 radical (unpaired) electrons. The number of nitriles is 1. The highest BCUT2D eigenvalue weighted by molar-refractivity contribution is 5.93. The Labute approximate surface area is 361 Å². The molecule has 2 aromatic carbocycles. The summed E-state index contributed by atoms with van der Waals surface area (Å²) >= 11 is 0. The number of rotatable bonds is 11. The molecule has 2 aliphatic heterocycles. The zero-order valence-corrected chi connectivity index (χ0v) is 37.0. The van der Waals surface area contributed by atoms with Gasteiger partial charge in [0.15, 0.2) is 0 Å². The minimum Gasteiger partial charge on any atom is -0.507 e. The first kappa shape index (κ1) is 44.7. The lowest BCUT2D eigenvalue weighted by Crippen LogP contribution is -2.42. The number of ether oxygens (including phenoxy) is 2. The van der Waals surface area contributed by atoms with Gasteiger partial charge >= 0.3 is 6.09 Å². The molecule has 8 rings (SSSR count). The van der Waals surface area contributed by atoms with Crippen molar-refractivity contribution in [3.8, 4) is 17.6 Å². The van der Waals surface area contributed by atoms with E-state index in [0.29, 0.717) is 77.4 Å². The number of nitrogens with two attached hydrogens (primary N) is 1. The molecule has 4 N–H and O–H groups in total. The van der Waals surface area contributed by atoms with Crippen LogP contribution < -0.4 is 36.7 Å². The van der Waals surface area contributed by atoms with Crippen LogP contribution in [0.3, 0.4) is 0 Å². The minimum atomic E-state index is -0.570. The Morgan fingerprint density at radius 3 is 1.90 bits per heavy atom. The summed E-state index contributed by atoms with van der Waals surface area (Å²) in [6.45, 7) is 16.1. The minimum absolute atomic E-state index is 0.0666. The van der Waals surface area contributed by atoms with Crippen LogP contribution in [-0.2, 0) is 4.74 Å². The molecule has 2 saturated carbocycles.